The van der Waals surface area contributed by atoms with Crippen molar-refractivity contribution in [3.8, 4) is 0 Å². The van der Waals surface area contributed by atoms with E-state index in [1.165, 1.54) is 0 Å². The van der Waals surface area contributed by atoms with Crippen LogP contribution >= 0.6 is 0 Å². The molecule has 0 amide bonds. The molecule has 1 aliphatic heterocycles. The first-order chi connectivity index (χ1) is 6.09. The van der Waals surface area contributed by atoms with Crippen LogP contribution in [0.2, 0.25) is 0 Å². The maximum absolute atomic E-state index is 10.9. The third-order valence-corrected chi connectivity index (χ3v) is 2.53. The second-order valence-electron chi connectivity index (χ2n) is 4.13. The molecule has 13 heavy (non-hydrogen) atoms. The summed E-state index contributed by atoms with van der Waals surface area (Å²) in [4.78, 5) is 13.3. The van der Waals surface area contributed by atoms with Crippen LogP contribution in [0.4, 0.5) is 0 Å². The molecule has 0 bridgehead atoms. The first kappa shape index (κ1) is 10.5. The highest BCUT2D eigenvalue weighted by atomic mass is 16.5. The van der Waals surface area contributed by atoms with Gasteiger partial charge in [0.2, 0.25) is 0 Å². The first-order valence-electron chi connectivity index (χ1n) is 4.97. The van der Waals surface area contributed by atoms with E-state index in [-0.39, 0.29) is 11.4 Å². The predicted octanol–water partition coefficient (Wildman–Crippen LogP) is 1.28. The Kier molecular flexibility index (Phi) is 3.31. The van der Waals surface area contributed by atoms with E-state index in [0.29, 0.717) is 13.0 Å². The maximum atomic E-state index is 10.9. The highest BCUT2D eigenvalue weighted by Crippen LogP contribution is 2.29. The van der Waals surface area contributed by atoms with Gasteiger partial charge in [-0.05, 0) is 6.54 Å². The Hall–Kier alpha value is -0.570. The van der Waals surface area contributed by atoms with Gasteiger partial charge in [-0.15, -0.1) is 0 Å². The summed E-state index contributed by atoms with van der Waals surface area (Å²) in [5.41, 5.74) is 0.209. The molecule has 3 heteroatoms. The summed E-state index contributed by atoms with van der Waals surface area (Å²) in [6, 6.07) is 0. The molecule has 0 radical (unpaired) electrons. The lowest BCUT2D eigenvalue weighted by Gasteiger charge is -2.47. The van der Waals surface area contributed by atoms with E-state index in [0.717, 1.165) is 19.6 Å². The number of rotatable bonds is 4. The molecule has 0 aromatic heterocycles. The zero-order valence-corrected chi connectivity index (χ0v) is 8.80. The second-order valence-corrected chi connectivity index (χ2v) is 4.13. The van der Waals surface area contributed by atoms with Gasteiger partial charge in [0.1, 0.15) is 0 Å². The van der Waals surface area contributed by atoms with Gasteiger partial charge >= 0.3 is 5.97 Å². The number of hydrogen-bond acceptors (Lipinski definition) is 3. The van der Waals surface area contributed by atoms with E-state index in [1.807, 2.05) is 6.92 Å². The van der Waals surface area contributed by atoms with Gasteiger partial charge in [0.25, 0.3) is 0 Å². The normalized spacial score (nSPS) is 20.8. The lowest BCUT2D eigenvalue weighted by atomic mass is 9.83. The van der Waals surface area contributed by atoms with Crippen LogP contribution in [-0.4, -0.2) is 37.1 Å². The fourth-order valence-electron chi connectivity index (χ4n) is 1.71. The van der Waals surface area contributed by atoms with Crippen LogP contribution < -0.4 is 0 Å². The number of ether oxygens (including phenoxy) is 1. The molecule has 1 rings (SSSR count). The van der Waals surface area contributed by atoms with Crippen LogP contribution in [0, 0.1) is 5.41 Å². The van der Waals surface area contributed by atoms with E-state index in [4.69, 9.17) is 4.74 Å². The number of hydrogen-bond donors (Lipinski definition) is 0. The lowest BCUT2D eigenvalue weighted by molar-refractivity contribution is -0.151. The van der Waals surface area contributed by atoms with Gasteiger partial charge < -0.3 is 9.64 Å². The number of esters is 1. The third kappa shape index (κ3) is 2.69. The summed E-state index contributed by atoms with van der Waals surface area (Å²) in [6.07, 6.45) is 0.480. The molecule has 0 aromatic rings. The van der Waals surface area contributed by atoms with Crippen LogP contribution in [0.1, 0.15) is 27.2 Å². The standard InChI is InChI=1S/C10H19NO2/c1-4-9(12)13-8-10(3)6-11(5-2)7-10/h4-8H2,1-3H3. The molecule has 0 spiro atoms. The predicted molar refractivity (Wildman–Crippen MR) is 51.5 cm³/mol. The van der Waals surface area contributed by atoms with E-state index in [9.17, 15) is 4.79 Å². The van der Waals surface area contributed by atoms with E-state index in [1.54, 1.807) is 0 Å². The summed E-state index contributed by atoms with van der Waals surface area (Å²) < 4.78 is 5.13. The molecule has 1 saturated heterocycles. The minimum Gasteiger partial charge on any atom is -0.465 e. The Morgan fingerprint density at radius 3 is 2.54 bits per heavy atom. The quantitative estimate of drug-likeness (QED) is 0.618. The Morgan fingerprint density at radius 1 is 1.46 bits per heavy atom. The number of carbonyl (C=O) groups excluding carboxylic acids is 1. The van der Waals surface area contributed by atoms with Crippen LogP contribution in [-0.2, 0) is 9.53 Å². The van der Waals surface area contributed by atoms with Crippen molar-refractivity contribution < 1.29 is 9.53 Å². The molecule has 1 heterocycles. The molecule has 0 N–H and O–H groups in total. The number of carbonyl (C=O) groups is 1. The first-order valence-corrected chi connectivity index (χ1v) is 4.97. The van der Waals surface area contributed by atoms with Crippen molar-refractivity contribution in [3.63, 3.8) is 0 Å². The van der Waals surface area contributed by atoms with Gasteiger partial charge in [-0.2, -0.15) is 0 Å². The van der Waals surface area contributed by atoms with E-state index >= 15 is 0 Å². The molecule has 1 aliphatic rings. The number of nitrogens with zero attached hydrogens (tertiary/aromatic N) is 1. The molecule has 0 saturated carbocycles. The lowest BCUT2D eigenvalue weighted by Crippen LogP contribution is -2.56. The largest absolute Gasteiger partial charge is 0.465 e. The fourth-order valence-corrected chi connectivity index (χ4v) is 1.71. The number of likely N-dealkylation sites (tertiary alicyclic amines) is 1. The van der Waals surface area contributed by atoms with Gasteiger partial charge in [0, 0.05) is 24.9 Å². The summed E-state index contributed by atoms with van der Waals surface area (Å²) >= 11 is 0. The summed E-state index contributed by atoms with van der Waals surface area (Å²) in [7, 11) is 0. The van der Waals surface area contributed by atoms with Crippen molar-refractivity contribution in [1.82, 2.24) is 4.90 Å². The zero-order valence-electron chi connectivity index (χ0n) is 8.80. The van der Waals surface area contributed by atoms with Crippen molar-refractivity contribution >= 4 is 5.97 Å². The minimum atomic E-state index is -0.0869. The molecule has 0 aromatic carbocycles. The monoisotopic (exact) mass is 185 g/mol. The Bertz CT molecular complexity index is 185. The van der Waals surface area contributed by atoms with Crippen molar-refractivity contribution in [2.75, 3.05) is 26.2 Å². The van der Waals surface area contributed by atoms with Gasteiger partial charge in [-0.25, -0.2) is 0 Å². The molecular weight excluding hydrogens is 166 g/mol. The fraction of sp³-hybridized carbons (Fsp3) is 0.900. The third-order valence-electron chi connectivity index (χ3n) is 2.53. The zero-order chi connectivity index (χ0) is 9.90. The SMILES string of the molecule is CCC(=O)OCC1(C)CN(CC)C1. The Labute approximate surface area is 80.1 Å². The van der Waals surface area contributed by atoms with E-state index in [2.05, 4.69) is 18.7 Å². The van der Waals surface area contributed by atoms with Crippen LogP contribution in [0.3, 0.4) is 0 Å². The second kappa shape index (κ2) is 4.09. The summed E-state index contributed by atoms with van der Waals surface area (Å²) in [5.74, 6) is -0.0869. The topological polar surface area (TPSA) is 29.5 Å². The Morgan fingerprint density at radius 2 is 2.08 bits per heavy atom. The molecule has 0 atom stereocenters. The summed E-state index contributed by atoms with van der Waals surface area (Å²) in [5, 5.41) is 0. The highest BCUT2D eigenvalue weighted by molar-refractivity contribution is 5.68. The molecule has 76 valence electrons. The minimum absolute atomic E-state index is 0.0869. The smallest absolute Gasteiger partial charge is 0.305 e. The summed E-state index contributed by atoms with van der Waals surface area (Å²) in [6.45, 7) is 9.93. The molecule has 0 aliphatic carbocycles. The van der Waals surface area contributed by atoms with Gasteiger partial charge in [-0.3, -0.25) is 4.79 Å². The van der Waals surface area contributed by atoms with Gasteiger partial charge in [-0.1, -0.05) is 20.8 Å². The average Bonchev–Trinajstić information content (AvgIpc) is 2.09. The maximum Gasteiger partial charge on any atom is 0.305 e. The molecular formula is C10H19NO2. The van der Waals surface area contributed by atoms with Crippen LogP contribution in [0.15, 0.2) is 0 Å². The van der Waals surface area contributed by atoms with Crippen LogP contribution in [0.25, 0.3) is 0 Å². The Balaban J connectivity index is 2.19. The van der Waals surface area contributed by atoms with Crippen molar-refractivity contribution in [3.05, 3.63) is 0 Å². The van der Waals surface area contributed by atoms with Gasteiger partial charge in [0.15, 0.2) is 0 Å². The van der Waals surface area contributed by atoms with Crippen molar-refractivity contribution in [2.24, 2.45) is 5.41 Å². The van der Waals surface area contributed by atoms with Gasteiger partial charge in [0.05, 0.1) is 6.61 Å². The highest BCUT2D eigenvalue weighted by Gasteiger charge is 2.38. The van der Waals surface area contributed by atoms with Crippen molar-refractivity contribution in [2.45, 2.75) is 27.2 Å². The van der Waals surface area contributed by atoms with E-state index < -0.39 is 0 Å². The molecule has 1 fully saturated rings. The van der Waals surface area contributed by atoms with Crippen LogP contribution in [0.5, 0.6) is 0 Å². The average molecular weight is 185 g/mol. The van der Waals surface area contributed by atoms with Crippen molar-refractivity contribution in [1.29, 1.82) is 0 Å². The molecule has 3 nitrogen and oxygen atoms in total. The molecule has 0 unspecified atom stereocenters.